The van der Waals surface area contributed by atoms with Crippen LogP contribution in [-0.2, 0) is 9.53 Å². The zero-order valence-corrected chi connectivity index (χ0v) is 8.64. The van der Waals surface area contributed by atoms with Crippen LogP contribution in [0.2, 0.25) is 0 Å². The first-order valence-electron chi connectivity index (χ1n) is 4.86. The van der Waals surface area contributed by atoms with Crippen molar-refractivity contribution >= 4 is 5.97 Å². The summed E-state index contributed by atoms with van der Waals surface area (Å²) in [7, 11) is 0. The molecule has 1 atom stereocenters. The zero-order valence-electron chi connectivity index (χ0n) is 8.64. The Bertz CT molecular complexity index is 321. The van der Waals surface area contributed by atoms with E-state index in [0.29, 0.717) is 12.2 Å². The lowest BCUT2D eigenvalue weighted by Crippen LogP contribution is -2.23. The summed E-state index contributed by atoms with van der Waals surface area (Å²) in [6.07, 6.45) is 0.772. The van der Waals surface area contributed by atoms with E-state index < -0.39 is 12.0 Å². The minimum atomic E-state index is -0.780. The number of phenols is 1. The molecule has 4 heteroatoms. The van der Waals surface area contributed by atoms with Gasteiger partial charge in [0.1, 0.15) is 11.8 Å². The molecule has 0 heterocycles. The number of esters is 1. The van der Waals surface area contributed by atoms with E-state index in [0.717, 1.165) is 6.42 Å². The number of ether oxygens (including phenoxy) is 1. The lowest BCUT2D eigenvalue weighted by atomic mass is 10.1. The molecule has 1 aromatic rings. The molecule has 0 radical (unpaired) electrons. The molecule has 0 aliphatic rings. The highest BCUT2D eigenvalue weighted by atomic mass is 16.5. The molecule has 82 valence electrons. The van der Waals surface area contributed by atoms with Crippen LogP contribution in [0.1, 0.15) is 24.9 Å². The van der Waals surface area contributed by atoms with Crippen LogP contribution in [0.5, 0.6) is 5.75 Å². The molecule has 0 saturated heterocycles. The topological polar surface area (TPSA) is 72.5 Å². The fourth-order valence-electron chi connectivity index (χ4n) is 1.11. The summed E-state index contributed by atoms with van der Waals surface area (Å²) in [6, 6.07) is 5.41. The third-order valence-electron chi connectivity index (χ3n) is 1.95. The van der Waals surface area contributed by atoms with Crippen LogP contribution < -0.4 is 5.73 Å². The van der Waals surface area contributed by atoms with Gasteiger partial charge in [-0.2, -0.15) is 0 Å². The van der Waals surface area contributed by atoms with Gasteiger partial charge in [-0.05, 0) is 24.1 Å². The molecular formula is C11H15NO3. The van der Waals surface area contributed by atoms with Crippen molar-refractivity contribution < 1.29 is 14.6 Å². The Balaban J connectivity index is 2.63. The fourth-order valence-corrected chi connectivity index (χ4v) is 1.11. The summed E-state index contributed by atoms with van der Waals surface area (Å²) in [4.78, 5) is 11.4. The summed E-state index contributed by atoms with van der Waals surface area (Å²) < 4.78 is 4.91. The quantitative estimate of drug-likeness (QED) is 0.734. The number of nitrogens with two attached hydrogens (primary N) is 1. The van der Waals surface area contributed by atoms with E-state index in [4.69, 9.17) is 15.6 Å². The molecule has 0 aliphatic heterocycles. The summed E-state index contributed by atoms with van der Waals surface area (Å²) in [5.74, 6) is -0.296. The van der Waals surface area contributed by atoms with E-state index in [1.165, 1.54) is 12.1 Å². The number of hydrogen-bond acceptors (Lipinski definition) is 4. The third-order valence-corrected chi connectivity index (χ3v) is 1.95. The minimum Gasteiger partial charge on any atom is -0.508 e. The lowest BCUT2D eigenvalue weighted by Gasteiger charge is -2.11. The van der Waals surface area contributed by atoms with Gasteiger partial charge < -0.3 is 15.6 Å². The van der Waals surface area contributed by atoms with Gasteiger partial charge in [0.25, 0.3) is 0 Å². The maximum absolute atomic E-state index is 11.4. The molecule has 0 spiro atoms. The van der Waals surface area contributed by atoms with Crippen molar-refractivity contribution in [1.29, 1.82) is 0 Å². The molecule has 0 amide bonds. The van der Waals surface area contributed by atoms with Crippen molar-refractivity contribution in [1.82, 2.24) is 0 Å². The van der Waals surface area contributed by atoms with Gasteiger partial charge in [0.2, 0.25) is 0 Å². The van der Waals surface area contributed by atoms with Crippen molar-refractivity contribution in [2.24, 2.45) is 5.73 Å². The van der Waals surface area contributed by atoms with Crippen LogP contribution in [0, 0.1) is 0 Å². The second-order valence-corrected chi connectivity index (χ2v) is 3.24. The number of carbonyl (C=O) groups excluding carboxylic acids is 1. The number of hydrogen-bond donors (Lipinski definition) is 2. The molecule has 4 nitrogen and oxygen atoms in total. The molecule has 1 rings (SSSR count). The maximum Gasteiger partial charge on any atom is 0.327 e. The highest BCUT2D eigenvalue weighted by molar-refractivity contribution is 5.77. The molecule has 0 saturated carbocycles. The normalized spacial score (nSPS) is 12.1. The monoisotopic (exact) mass is 209 g/mol. The predicted octanol–water partition coefficient (Wildman–Crippen LogP) is 1.35. The Morgan fingerprint density at radius 3 is 2.60 bits per heavy atom. The van der Waals surface area contributed by atoms with Crippen LogP contribution in [0.4, 0.5) is 0 Å². The van der Waals surface area contributed by atoms with Gasteiger partial charge in [-0.3, -0.25) is 0 Å². The van der Waals surface area contributed by atoms with Crippen molar-refractivity contribution in [2.45, 2.75) is 19.4 Å². The summed E-state index contributed by atoms with van der Waals surface area (Å²) in [5.41, 5.74) is 6.31. The average Bonchev–Trinajstić information content (AvgIpc) is 2.26. The van der Waals surface area contributed by atoms with Crippen LogP contribution >= 0.6 is 0 Å². The Labute approximate surface area is 88.7 Å². The van der Waals surface area contributed by atoms with Crippen molar-refractivity contribution in [3.05, 3.63) is 29.8 Å². The van der Waals surface area contributed by atoms with E-state index >= 15 is 0 Å². The lowest BCUT2D eigenvalue weighted by molar-refractivity contribution is -0.145. The first kappa shape index (κ1) is 11.5. The van der Waals surface area contributed by atoms with E-state index in [1.807, 2.05) is 6.92 Å². The third kappa shape index (κ3) is 3.25. The first-order chi connectivity index (χ1) is 7.15. The van der Waals surface area contributed by atoms with Crippen LogP contribution in [-0.4, -0.2) is 17.7 Å². The highest BCUT2D eigenvalue weighted by Gasteiger charge is 2.16. The maximum atomic E-state index is 11.4. The molecular weight excluding hydrogens is 194 g/mol. The molecule has 3 N–H and O–H groups in total. The Hall–Kier alpha value is -1.55. The van der Waals surface area contributed by atoms with Crippen molar-refractivity contribution in [3.8, 4) is 5.75 Å². The zero-order chi connectivity index (χ0) is 11.3. The summed E-state index contributed by atoms with van der Waals surface area (Å²) in [6.45, 7) is 2.30. The molecule has 15 heavy (non-hydrogen) atoms. The van der Waals surface area contributed by atoms with E-state index in [9.17, 15) is 4.79 Å². The largest absolute Gasteiger partial charge is 0.508 e. The molecule has 0 fully saturated rings. The second kappa shape index (κ2) is 5.36. The van der Waals surface area contributed by atoms with Gasteiger partial charge in [-0.15, -0.1) is 0 Å². The van der Waals surface area contributed by atoms with Gasteiger partial charge in [-0.1, -0.05) is 19.1 Å². The molecule has 1 aromatic carbocycles. The molecule has 0 aliphatic carbocycles. The number of carbonyl (C=O) groups is 1. The second-order valence-electron chi connectivity index (χ2n) is 3.24. The predicted molar refractivity (Wildman–Crippen MR) is 56.3 cm³/mol. The van der Waals surface area contributed by atoms with Gasteiger partial charge in [0, 0.05) is 0 Å². The van der Waals surface area contributed by atoms with E-state index in [2.05, 4.69) is 0 Å². The smallest absolute Gasteiger partial charge is 0.327 e. The van der Waals surface area contributed by atoms with E-state index in [1.54, 1.807) is 12.1 Å². The number of benzene rings is 1. The van der Waals surface area contributed by atoms with Gasteiger partial charge in [0.05, 0.1) is 6.61 Å². The molecule has 1 unspecified atom stereocenters. The number of rotatable bonds is 4. The molecule has 0 aromatic heterocycles. The van der Waals surface area contributed by atoms with Crippen LogP contribution in [0.15, 0.2) is 24.3 Å². The van der Waals surface area contributed by atoms with E-state index in [-0.39, 0.29) is 5.75 Å². The van der Waals surface area contributed by atoms with Crippen molar-refractivity contribution in [3.63, 3.8) is 0 Å². The first-order valence-corrected chi connectivity index (χ1v) is 4.86. The Morgan fingerprint density at radius 1 is 1.47 bits per heavy atom. The number of phenolic OH excluding ortho intramolecular Hbond substituents is 1. The SMILES string of the molecule is CCCOC(=O)C(N)c1ccc(O)cc1. The van der Waals surface area contributed by atoms with Crippen molar-refractivity contribution in [2.75, 3.05) is 6.61 Å². The van der Waals surface area contributed by atoms with Crippen LogP contribution in [0.25, 0.3) is 0 Å². The highest BCUT2D eigenvalue weighted by Crippen LogP contribution is 2.16. The Kier molecular flexibility index (Phi) is 4.12. The number of aromatic hydroxyl groups is 1. The van der Waals surface area contributed by atoms with Crippen LogP contribution in [0.3, 0.4) is 0 Å². The standard InChI is InChI=1S/C11H15NO3/c1-2-7-15-11(14)10(12)8-3-5-9(13)6-4-8/h3-6,10,13H,2,7,12H2,1H3. The fraction of sp³-hybridized carbons (Fsp3) is 0.364. The molecule has 0 bridgehead atoms. The van der Waals surface area contributed by atoms with Gasteiger partial charge >= 0.3 is 5.97 Å². The Morgan fingerprint density at radius 2 is 2.07 bits per heavy atom. The average molecular weight is 209 g/mol. The van der Waals surface area contributed by atoms with Gasteiger partial charge in [-0.25, -0.2) is 4.79 Å². The summed E-state index contributed by atoms with van der Waals surface area (Å²) in [5, 5.41) is 9.06. The minimum absolute atomic E-state index is 0.146. The summed E-state index contributed by atoms with van der Waals surface area (Å²) >= 11 is 0. The van der Waals surface area contributed by atoms with Gasteiger partial charge in [0.15, 0.2) is 0 Å².